The van der Waals surface area contributed by atoms with Crippen molar-refractivity contribution in [2.75, 3.05) is 46.6 Å². The number of methoxy groups -OCH3 is 1. The van der Waals surface area contributed by atoms with Crippen molar-refractivity contribution in [3.8, 4) is 0 Å². The Hall–Kier alpha value is -0.160. The maximum atomic E-state index is 5.76. The van der Waals surface area contributed by atoms with Crippen LogP contribution in [0.1, 0.15) is 33.6 Å². The summed E-state index contributed by atoms with van der Waals surface area (Å²) in [4.78, 5) is 0. The summed E-state index contributed by atoms with van der Waals surface area (Å²) in [5.74, 6) is 0.687. The van der Waals surface area contributed by atoms with Gasteiger partial charge in [-0.1, -0.05) is 20.8 Å². The highest BCUT2D eigenvalue weighted by molar-refractivity contribution is 4.60. The van der Waals surface area contributed by atoms with E-state index in [-0.39, 0.29) is 0 Å². The largest absolute Gasteiger partial charge is 0.385 e. The molecule has 0 bridgehead atoms. The second-order valence-corrected chi connectivity index (χ2v) is 4.91. The Bertz CT molecular complexity index is 165. The Kier molecular flexibility index (Phi) is 13.2. The topological polar surface area (TPSA) is 39.7 Å². The first-order valence-corrected chi connectivity index (χ1v) is 7.09. The second kappa shape index (κ2) is 13.3. The van der Waals surface area contributed by atoms with Crippen molar-refractivity contribution in [3.05, 3.63) is 0 Å². The molecule has 0 aliphatic carbocycles. The molecule has 1 N–H and O–H groups in total. The lowest BCUT2D eigenvalue weighted by Gasteiger charge is -2.17. The van der Waals surface area contributed by atoms with E-state index in [0.717, 1.165) is 39.1 Å². The third-order valence-electron chi connectivity index (χ3n) is 2.60. The summed E-state index contributed by atoms with van der Waals surface area (Å²) in [7, 11) is 1.71. The molecule has 1 unspecified atom stereocenters. The minimum absolute atomic E-state index is 0.298. The van der Waals surface area contributed by atoms with E-state index >= 15 is 0 Å². The molecule has 0 aliphatic rings. The number of hydrogen-bond acceptors (Lipinski definition) is 4. The van der Waals surface area contributed by atoms with Crippen LogP contribution in [0.15, 0.2) is 0 Å². The van der Waals surface area contributed by atoms with Crippen molar-refractivity contribution in [3.63, 3.8) is 0 Å². The van der Waals surface area contributed by atoms with Gasteiger partial charge in [-0.2, -0.15) is 0 Å². The highest BCUT2D eigenvalue weighted by Gasteiger charge is 2.06. The van der Waals surface area contributed by atoms with Gasteiger partial charge in [0.05, 0.1) is 19.3 Å². The fourth-order valence-corrected chi connectivity index (χ4v) is 1.54. The maximum absolute atomic E-state index is 5.76. The third kappa shape index (κ3) is 12.3. The Morgan fingerprint density at radius 1 is 1.00 bits per heavy atom. The fourth-order valence-electron chi connectivity index (χ4n) is 1.54. The van der Waals surface area contributed by atoms with E-state index in [0.29, 0.717) is 25.2 Å². The minimum Gasteiger partial charge on any atom is -0.385 e. The van der Waals surface area contributed by atoms with Crippen molar-refractivity contribution in [2.24, 2.45) is 5.92 Å². The Morgan fingerprint density at radius 3 is 2.39 bits per heavy atom. The first-order valence-electron chi connectivity index (χ1n) is 7.09. The first kappa shape index (κ1) is 17.8. The molecule has 0 aromatic carbocycles. The molecule has 0 rings (SSSR count). The van der Waals surface area contributed by atoms with Gasteiger partial charge in [0.2, 0.25) is 0 Å². The van der Waals surface area contributed by atoms with Crippen LogP contribution in [0, 0.1) is 5.92 Å². The van der Waals surface area contributed by atoms with Gasteiger partial charge in [0.1, 0.15) is 0 Å². The number of nitrogens with one attached hydrogen (secondary N) is 1. The SMILES string of the molecule is CCC(CNCC(C)C)OCCOCCCOC. The molecule has 0 aromatic rings. The van der Waals surface area contributed by atoms with Crippen molar-refractivity contribution >= 4 is 0 Å². The predicted octanol–water partition coefficient (Wildman–Crippen LogP) is 2.08. The molecular weight excluding hydrogens is 230 g/mol. The van der Waals surface area contributed by atoms with Crippen molar-refractivity contribution in [1.29, 1.82) is 0 Å². The molecule has 0 saturated heterocycles. The van der Waals surface area contributed by atoms with Crippen LogP contribution in [0.2, 0.25) is 0 Å². The quantitative estimate of drug-likeness (QED) is 0.515. The molecular formula is C14H31NO3. The van der Waals surface area contributed by atoms with Gasteiger partial charge in [-0.25, -0.2) is 0 Å². The first-order chi connectivity index (χ1) is 8.70. The van der Waals surface area contributed by atoms with Crippen LogP contribution in [0.3, 0.4) is 0 Å². The lowest BCUT2D eigenvalue weighted by Crippen LogP contribution is -2.31. The zero-order chi connectivity index (χ0) is 13.6. The lowest BCUT2D eigenvalue weighted by atomic mass is 10.2. The molecule has 18 heavy (non-hydrogen) atoms. The van der Waals surface area contributed by atoms with E-state index in [4.69, 9.17) is 14.2 Å². The standard InChI is InChI=1S/C14H31NO3/c1-5-14(12-15-11-13(2)3)18-10-9-17-8-6-7-16-4/h13-15H,5-12H2,1-4H3. The lowest BCUT2D eigenvalue weighted by molar-refractivity contribution is 0.000390. The van der Waals surface area contributed by atoms with Gasteiger partial charge < -0.3 is 19.5 Å². The van der Waals surface area contributed by atoms with Crippen LogP contribution in [0.4, 0.5) is 0 Å². The molecule has 1 atom stereocenters. The van der Waals surface area contributed by atoms with Crippen LogP contribution < -0.4 is 5.32 Å². The summed E-state index contributed by atoms with van der Waals surface area (Å²) in [5.41, 5.74) is 0. The molecule has 110 valence electrons. The summed E-state index contributed by atoms with van der Waals surface area (Å²) in [5, 5.41) is 3.42. The fraction of sp³-hybridized carbons (Fsp3) is 1.00. The van der Waals surface area contributed by atoms with Gasteiger partial charge in [0, 0.05) is 26.9 Å². The van der Waals surface area contributed by atoms with E-state index in [1.165, 1.54) is 0 Å². The van der Waals surface area contributed by atoms with Gasteiger partial charge in [-0.3, -0.25) is 0 Å². The van der Waals surface area contributed by atoms with Crippen molar-refractivity contribution in [1.82, 2.24) is 5.32 Å². The highest BCUT2D eigenvalue weighted by atomic mass is 16.5. The van der Waals surface area contributed by atoms with Crippen LogP contribution in [0.5, 0.6) is 0 Å². The summed E-state index contributed by atoms with van der Waals surface area (Å²) >= 11 is 0. The average Bonchev–Trinajstić information content (AvgIpc) is 2.35. The zero-order valence-corrected chi connectivity index (χ0v) is 12.5. The van der Waals surface area contributed by atoms with E-state index in [2.05, 4.69) is 26.1 Å². The van der Waals surface area contributed by atoms with Crippen LogP contribution in [-0.4, -0.2) is 52.7 Å². The molecule has 0 aliphatic heterocycles. The number of rotatable bonds is 13. The Balaban J connectivity index is 3.33. The number of ether oxygens (including phenoxy) is 3. The normalized spacial score (nSPS) is 13.2. The molecule has 0 fully saturated rings. The molecule has 0 heterocycles. The summed E-state index contributed by atoms with van der Waals surface area (Å²) in [6.45, 7) is 11.4. The molecule has 0 spiro atoms. The number of hydrogen-bond donors (Lipinski definition) is 1. The van der Waals surface area contributed by atoms with E-state index in [1.807, 2.05) is 0 Å². The van der Waals surface area contributed by atoms with Gasteiger partial charge in [0.25, 0.3) is 0 Å². The van der Waals surface area contributed by atoms with Crippen LogP contribution in [0.25, 0.3) is 0 Å². The average molecular weight is 261 g/mol. The monoisotopic (exact) mass is 261 g/mol. The van der Waals surface area contributed by atoms with E-state index < -0.39 is 0 Å². The summed E-state index contributed by atoms with van der Waals surface area (Å²) in [6.07, 6.45) is 2.28. The summed E-state index contributed by atoms with van der Waals surface area (Å²) in [6, 6.07) is 0. The van der Waals surface area contributed by atoms with Gasteiger partial charge in [-0.05, 0) is 25.3 Å². The maximum Gasteiger partial charge on any atom is 0.0704 e. The molecule has 0 saturated carbocycles. The van der Waals surface area contributed by atoms with Crippen LogP contribution >= 0.6 is 0 Å². The Morgan fingerprint density at radius 2 is 1.78 bits per heavy atom. The predicted molar refractivity (Wildman–Crippen MR) is 75.1 cm³/mol. The van der Waals surface area contributed by atoms with Gasteiger partial charge in [0.15, 0.2) is 0 Å². The van der Waals surface area contributed by atoms with E-state index in [1.54, 1.807) is 7.11 Å². The van der Waals surface area contributed by atoms with Crippen molar-refractivity contribution < 1.29 is 14.2 Å². The molecule has 4 heteroatoms. The van der Waals surface area contributed by atoms with Crippen molar-refractivity contribution in [2.45, 2.75) is 39.7 Å². The zero-order valence-electron chi connectivity index (χ0n) is 12.5. The van der Waals surface area contributed by atoms with E-state index in [9.17, 15) is 0 Å². The third-order valence-corrected chi connectivity index (χ3v) is 2.60. The molecule has 4 nitrogen and oxygen atoms in total. The smallest absolute Gasteiger partial charge is 0.0704 e. The minimum atomic E-state index is 0.298. The summed E-state index contributed by atoms with van der Waals surface area (Å²) < 4.78 is 16.2. The molecule has 0 aromatic heterocycles. The van der Waals surface area contributed by atoms with Gasteiger partial charge >= 0.3 is 0 Å². The highest BCUT2D eigenvalue weighted by Crippen LogP contribution is 1.97. The molecule has 0 radical (unpaired) electrons. The van der Waals surface area contributed by atoms with Crippen LogP contribution in [-0.2, 0) is 14.2 Å². The molecule has 0 amide bonds. The van der Waals surface area contributed by atoms with Gasteiger partial charge in [-0.15, -0.1) is 0 Å². The second-order valence-electron chi connectivity index (χ2n) is 4.91. The Labute approximate surface area is 112 Å².